The van der Waals surface area contributed by atoms with Crippen LogP contribution >= 0.6 is 0 Å². The van der Waals surface area contributed by atoms with Crippen LogP contribution in [-0.2, 0) is 21.0 Å². The molecular formula is C18H30O5. The third kappa shape index (κ3) is 9.43. The second-order valence-electron chi connectivity index (χ2n) is 6.17. The van der Waals surface area contributed by atoms with E-state index in [2.05, 4.69) is 0 Å². The Bertz CT molecular complexity index is 413. The lowest BCUT2D eigenvalue weighted by molar-refractivity contribution is -0.234. The Morgan fingerprint density at radius 1 is 0.739 bits per heavy atom. The second-order valence-corrected chi connectivity index (χ2v) is 6.17. The SMILES string of the molecule is CC(C)OCCOc1cc(COC(C)C)cc(OOC(C)C)c1. The van der Waals surface area contributed by atoms with Crippen molar-refractivity contribution >= 4 is 0 Å². The summed E-state index contributed by atoms with van der Waals surface area (Å²) < 4.78 is 16.9. The van der Waals surface area contributed by atoms with E-state index in [0.29, 0.717) is 31.3 Å². The standard InChI is InChI=1S/C18H30O5/c1-13(2)19-7-8-20-17-9-16(12-21-14(3)4)10-18(11-17)23-22-15(5)6/h9-11,13-15H,7-8,12H2,1-6H3. The van der Waals surface area contributed by atoms with E-state index in [9.17, 15) is 0 Å². The van der Waals surface area contributed by atoms with Gasteiger partial charge in [0.2, 0.25) is 0 Å². The third-order valence-corrected chi connectivity index (χ3v) is 2.66. The zero-order valence-electron chi connectivity index (χ0n) is 15.1. The van der Waals surface area contributed by atoms with Gasteiger partial charge < -0.3 is 19.1 Å². The predicted octanol–water partition coefficient (Wildman–Crippen LogP) is 4.13. The molecule has 0 heterocycles. The molecule has 1 rings (SSSR count). The Morgan fingerprint density at radius 2 is 1.39 bits per heavy atom. The normalized spacial score (nSPS) is 11.5. The smallest absolute Gasteiger partial charge is 0.169 e. The molecule has 0 aliphatic carbocycles. The molecule has 0 amide bonds. The van der Waals surface area contributed by atoms with E-state index in [4.69, 9.17) is 24.0 Å². The zero-order chi connectivity index (χ0) is 17.2. The number of benzene rings is 1. The molecule has 5 nitrogen and oxygen atoms in total. The minimum Gasteiger partial charge on any atom is -0.491 e. The molecular weight excluding hydrogens is 296 g/mol. The van der Waals surface area contributed by atoms with Crippen molar-refractivity contribution in [2.24, 2.45) is 0 Å². The van der Waals surface area contributed by atoms with Crippen molar-refractivity contribution < 1.29 is 24.0 Å². The lowest BCUT2D eigenvalue weighted by Crippen LogP contribution is -2.12. The minimum absolute atomic E-state index is 0.0191. The Balaban J connectivity index is 2.68. The van der Waals surface area contributed by atoms with Crippen LogP contribution in [0.3, 0.4) is 0 Å². The van der Waals surface area contributed by atoms with Gasteiger partial charge in [0.1, 0.15) is 12.4 Å². The van der Waals surface area contributed by atoms with Gasteiger partial charge in [-0.15, -0.1) is 0 Å². The summed E-state index contributed by atoms with van der Waals surface area (Å²) >= 11 is 0. The predicted molar refractivity (Wildman–Crippen MR) is 89.8 cm³/mol. The van der Waals surface area contributed by atoms with Crippen LogP contribution in [0.5, 0.6) is 11.5 Å². The molecule has 0 saturated carbocycles. The first kappa shape index (κ1) is 19.7. The summed E-state index contributed by atoms with van der Waals surface area (Å²) in [6.07, 6.45) is 0.340. The van der Waals surface area contributed by atoms with Crippen molar-refractivity contribution in [1.29, 1.82) is 0 Å². The topological polar surface area (TPSA) is 46.2 Å². The Hall–Kier alpha value is -1.30. The van der Waals surface area contributed by atoms with E-state index in [1.54, 1.807) is 6.07 Å². The molecule has 0 spiro atoms. The highest BCUT2D eigenvalue weighted by Crippen LogP contribution is 2.24. The fourth-order valence-electron chi connectivity index (χ4n) is 1.70. The Labute approximate surface area is 139 Å². The molecule has 0 saturated heterocycles. The van der Waals surface area contributed by atoms with Gasteiger partial charge >= 0.3 is 0 Å². The molecule has 0 fully saturated rings. The molecule has 0 radical (unpaired) electrons. The van der Waals surface area contributed by atoms with Crippen molar-refractivity contribution in [2.75, 3.05) is 13.2 Å². The van der Waals surface area contributed by atoms with Crippen LogP contribution in [-0.4, -0.2) is 31.5 Å². The second kappa shape index (κ2) is 10.5. The minimum atomic E-state index is -0.0191. The van der Waals surface area contributed by atoms with Crippen LogP contribution < -0.4 is 9.62 Å². The summed E-state index contributed by atoms with van der Waals surface area (Å²) in [7, 11) is 0. The van der Waals surface area contributed by atoms with Crippen LogP contribution in [0.2, 0.25) is 0 Å². The van der Waals surface area contributed by atoms with Gasteiger partial charge in [0.05, 0.1) is 31.5 Å². The van der Waals surface area contributed by atoms with Crippen LogP contribution in [0.15, 0.2) is 18.2 Å². The molecule has 0 aromatic heterocycles. The fraction of sp³-hybridized carbons (Fsp3) is 0.667. The Morgan fingerprint density at radius 3 is 2.00 bits per heavy atom. The van der Waals surface area contributed by atoms with E-state index in [0.717, 1.165) is 5.56 Å². The van der Waals surface area contributed by atoms with Crippen molar-refractivity contribution in [3.05, 3.63) is 23.8 Å². The highest BCUT2D eigenvalue weighted by Gasteiger charge is 2.07. The Kier molecular flexibility index (Phi) is 8.99. The maximum atomic E-state index is 5.74. The quantitative estimate of drug-likeness (QED) is 0.347. The molecule has 0 aliphatic rings. The molecule has 0 unspecified atom stereocenters. The molecule has 5 heteroatoms. The van der Waals surface area contributed by atoms with E-state index < -0.39 is 0 Å². The average molecular weight is 326 g/mol. The van der Waals surface area contributed by atoms with Gasteiger partial charge in [-0.2, -0.15) is 4.89 Å². The third-order valence-electron chi connectivity index (χ3n) is 2.66. The number of hydrogen-bond donors (Lipinski definition) is 0. The summed E-state index contributed by atoms with van der Waals surface area (Å²) in [6, 6.07) is 5.64. The van der Waals surface area contributed by atoms with Gasteiger partial charge in [-0.1, -0.05) is 0 Å². The number of ether oxygens (including phenoxy) is 3. The zero-order valence-corrected chi connectivity index (χ0v) is 15.1. The maximum Gasteiger partial charge on any atom is 0.169 e. The summed E-state index contributed by atoms with van der Waals surface area (Å²) in [5.74, 6) is 1.31. The van der Waals surface area contributed by atoms with Crippen molar-refractivity contribution in [3.8, 4) is 11.5 Å². The molecule has 1 aromatic carbocycles. The van der Waals surface area contributed by atoms with Gasteiger partial charge in [-0.25, -0.2) is 0 Å². The van der Waals surface area contributed by atoms with Crippen molar-refractivity contribution in [3.63, 3.8) is 0 Å². The molecule has 1 aromatic rings. The van der Waals surface area contributed by atoms with E-state index in [1.807, 2.05) is 53.7 Å². The summed E-state index contributed by atoms with van der Waals surface area (Å²) in [6.45, 7) is 13.3. The average Bonchev–Trinajstić information content (AvgIpc) is 2.47. The van der Waals surface area contributed by atoms with E-state index in [1.165, 1.54) is 0 Å². The molecule has 23 heavy (non-hydrogen) atoms. The van der Waals surface area contributed by atoms with Gasteiger partial charge in [0.15, 0.2) is 5.75 Å². The monoisotopic (exact) mass is 326 g/mol. The van der Waals surface area contributed by atoms with Crippen LogP contribution in [0.25, 0.3) is 0 Å². The van der Waals surface area contributed by atoms with E-state index in [-0.39, 0.29) is 18.3 Å². The number of hydrogen-bond acceptors (Lipinski definition) is 5. The summed E-state index contributed by atoms with van der Waals surface area (Å²) in [5, 5.41) is 0. The van der Waals surface area contributed by atoms with Gasteiger partial charge in [-0.3, -0.25) is 0 Å². The molecule has 0 aliphatic heterocycles. The largest absolute Gasteiger partial charge is 0.491 e. The highest BCUT2D eigenvalue weighted by molar-refractivity contribution is 5.38. The first-order chi connectivity index (χ1) is 10.9. The maximum absolute atomic E-state index is 5.74. The van der Waals surface area contributed by atoms with Crippen LogP contribution in [0, 0.1) is 0 Å². The summed E-state index contributed by atoms with van der Waals surface area (Å²) in [4.78, 5) is 10.5. The van der Waals surface area contributed by atoms with Crippen LogP contribution in [0.1, 0.15) is 47.1 Å². The van der Waals surface area contributed by atoms with Crippen molar-refractivity contribution in [2.45, 2.75) is 66.5 Å². The van der Waals surface area contributed by atoms with Gasteiger partial charge in [0, 0.05) is 6.07 Å². The molecule has 0 N–H and O–H groups in total. The fourth-order valence-corrected chi connectivity index (χ4v) is 1.70. The first-order valence-electron chi connectivity index (χ1n) is 8.20. The number of rotatable bonds is 11. The highest BCUT2D eigenvalue weighted by atomic mass is 17.2. The molecule has 0 atom stereocenters. The first-order valence-corrected chi connectivity index (χ1v) is 8.20. The summed E-state index contributed by atoms with van der Waals surface area (Å²) in [5.41, 5.74) is 0.975. The lowest BCUT2D eigenvalue weighted by Gasteiger charge is -2.14. The molecule has 132 valence electrons. The van der Waals surface area contributed by atoms with E-state index >= 15 is 0 Å². The van der Waals surface area contributed by atoms with Crippen LogP contribution in [0.4, 0.5) is 0 Å². The van der Waals surface area contributed by atoms with Gasteiger partial charge in [-0.05, 0) is 59.2 Å². The lowest BCUT2D eigenvalue weighted by atomic mass is 10.2. The van der Waals surface area contributed by atoms with Gasteiger partial charge in [0.25, 0.3) is 0 Å². The van der Waals surface area contributed by atoms with Crippen molar-refractivity contribution in [1.82, 2.24) is 0 Å². The molecule has 0 bridgehead atoms.